The third kappa shape index (κ3) is 1.89. The van der Waals surface area contributed by atoms with Gasteiger partial charge in [-0.1, -0.05) is 0 Å². The zero-order valence-electron chi connectivity index (χ0n) is 9.72. The van der Waals surface area contributed by atoms with Crippen molar-refractivity contribution in [3.63, 3.8) is 0 Å². The second-order valence-electron chi connectivity index (χ2n) is 5.44. The average Bonchev–Trinajstić information content (AvgIpc) is 2.86. The Kier molecular flexibility index (Phi) is 2.33. The first-order chi connectivity index (χ1) is 7.66. The van der Waals surface area contributed by atoms with Gasteiger partial charge in [0.05, 0.1) is 11.9 Å². The number of rotatable bonds is 3. The molecule has 2 fully saturated rings. The summed E-state index contributed by atoms with van der Waals surface area (Å²) in [6.07, 6.45) is 5.80. The van der Waals surface area contributed by atoms with Gasteiger partial charge in [0.15, 0.2) is 0 Å². The zero-order valence-corrected chi connectivity index (χ0v) is 9.72. The molecule has 1 N–H and O–H groups in total. The summed E-state index contributed by atoms with van der Waals surface area (Å²) in [5, 5.41) is 10.6. The highest BCUT2D eigenvalue weighted by molar-refractivity contribution is 5.08. The minimum absolute atomic E-state index is 0.507. The molecule has 1 aromatic rings. The average molecular weight is 221 g/mol. The molecular weight excluding hydrogens is 202 g/mol. The molecule has 0 spiro atoms. The van der Waals surface area contributed by atoms with Gasteiger partial charge in [-0.3, -0.25) is 4.90 Å². The Morgan fingerprint density at radius 3 is 3.00 bits per heavy atom. The lowest BCUT2D eigenvalue weighted by Gasteiger charge is -2.22. The number of likely N-dealkylation sites (tertiary alicyclic amines) is 1. The lowest BCUT2D eigenvalue weighted by molar-refractivity contribution is 0.0438. The van der Waals surface area contributed by atoms with E-state index in [1.807, 2.05) is 12.1 Å². The quantitative estimate of drug-likeness (QED) is 0.845. The minimum atomic E-state index is -0.583. The summed E-state index contributed by atoms with van der Waals surface area (Å²) in [6.45, 7) is 3.03. The molecule has 3 rings (SSSR count). The molecule has 16 heavy (non-hydrogen) atoms. The molecule has 0 amide bonds. The van der Waals surface area contributed by atoms with Crippen LogP contribution in [0.25, 0.3) is 0 Å². The van der Waals surface area contributed by atoms with Gasteiger partial charge in [0.1, 0.15) is 5.76 Å². The second kappa shape index (κ2) is 3.60. The summed E-state index contributed by atoms with van der Waals surface area (Å²) in [4.78, 5) is 2.46. The number of hydrogen-bond acceptors (Lipinski definition) is 3. The van der Waals surface area contributed by atoms with Crippen LogP contribution in [0.2, 0.25) is 0 Å². The van der Waals surface area contributed by atoms with E-state index in [1.54, 1.807) is 6.26 Å². The van der Waals surface area contributed by atoms with Gasteiger partial charge in [0.25, 0.3) is 0 Å². The smallest absolute Gasteiger partial charge is 0.106 e. The standard InChI is InChI=1S/C13H19NO2/c1-10-7-13(15,8-12-3-2-6-16-12)9-14(10)11-4-5-11/h2-3,6,10-11,15H,4-5,7-9H2,1H3. The van der Waals surface area contributed by atoms with Gasteiger partial charge in [-0.05, 0) is 38.3 Å². The summed E-state index contributed by atoms with van der Waals surface area (Å²) >= 11 is 0. The summed E-state index contributed by atoms with van der Waals surface area (Å²) in [5.41, 5.74) is -0.583. The SMILES string of the molecule is CC1CC(O)(Cc2ccco2)CN1C1CC1. The van der Waals surface area contributed by atoms with Crippen LogP contribution in [-0.2, 0) is 6.42 Å². The highest BCUT2D eigenvalue weighted by Gasteiger charge is 2.46. The Hall–Kier alpha value is -0.800. The van der Waals surface area contributed by atoms with Gasteiger partial charge in [0.2, 0.25) is 0 Å². The van der Waals surface area contributed by atoms with Crippen molar-refractivity contribution in [3.8, 4) is 0 Å². The molecule has 0 bridgehead atoms. The molecule has 1 aliphatic carbocycles. The predicted octanol–water partition coefficient (Wildman–Crippen LogP) is 1.81. The molecule has 2 aliphatic rings. The number of furan rings is 1. The molecule has 1 saturated heterocycles. The number of hydrogen-bond donors (Lipinski definition) is 1. The lowest BCUT2D eigenvalue weighted by Crippen LogP contribution is -2.36. The molecular formula is C13H19NO2. The first kappa shape index (κ1) is 10.4. The van der Waals surface area contributed by atoms with E-state index in [-0.39, 0.29) is 0 Å². The first-order valence-electron chi connectivity index (χ1n) is 6.17. The van der Waals surface area contributed by atoms with Crippen LogP contribution >= 0.6 is 0 Å². The highest BCUT2D eigenvalue weighted by atomic mass is 16.3. The van der Waals surface area contributed by atoms with Crippen LogP contribution < -0.4 is 0 Å². The van der Waals surface area contributed by atoms with Crippen molar-refractivity contribution in [3.05, 3.63) is 24.2 Å². The number of nitrogens with zero attached hydrogens (tertiary/aromatic N) is 1. The maximum atomic E-state index is 10.6. The van der Waals surface area contributed by atoms with Crippen LogP contribution in [0.1, 0.15) is 31.9 Å². The molecule has 2 atom stereocenters. The van der Waals surface area contributed by atoms with Gasteiger partial charge in [-0.2, -0.15) is 0 Å². The van der Waals surface area contributed by atoms with Crippen molar-refractivity contribution in [1.29, 1.82) is 0 Å². The van der Waals surface area contributed by atoms with Crippen molar-refractivity contribution < 1.29 is 9.52 Å². The first-order valence-corrected chi connectivity index (χ1v) is 6.17. The fourth-order valence-corrected chi connectivity index (χ4v) is 2.99. The van der Waals surface area contributed by atoms with E-state index in [9.17, 15) is 5.11 Å². The Morgan fingerprint density at radius 2 is 2.38 bits per heavy atom. The van der Waals surface area contributed by atoms with E-state index >= 15 is 0 Å². The maximum Gasteiger partial charge on any atom is 0.106 e. The molecule has 3 heteroatoms. The molecule has 88 valence electrons. The van der Waals surface area contributed by atoms with Crippen LogP contribution in [0, 0.1) is 0 Å². The molecule has 2 heterocycles. The Labute approximate surface area is 96.1 Å². The van der Waals surface area contributed by atoms with Crippen molar-refractivity contribution in [2.24, 2.45) is 0 Å². The summed E-state index contributed by atoms with van der Waals surface area (Å²) in [7, 11) is 0. The van der Waals surface area contributed by atoms with Gasteiger partial charge >= 0.3 is 0 Å². The fourth-order valence-electron chi connectivity index (χ4n) is 2.99. The summed E-state index contributed by atoms with van der Waals surface area (Å²) in [5.74, 6) is 0.896. The van der Waals surface area contributed by atoms with Crippen LogP contribution in [0.15, 0.2) is 22.8 Å². The van der Waals surface area contributed by atoms with E-state index in [4.69, 9.17) is 4.42 Å². The van der Waals surface area contributed by atoms with Gasteiger partial charge < -0.3 is 9.52 Å². The van der Waals surface area contributed by atoms with Crippen LogP contribution in [0.3, 0.4) is 0 Å². The van der Waals surface area contributed by atoms with E-state index < -0.39 is 5.60 Å². The molecule has 1 saturated carbocycles. The van der Waals surface area contributed by atoms with Crippen molar-refractivity contribution in [1.82, 2.24) is 4.90 Å². The van der Waals surface area contributed by atoms with E-state index in [0.29, 0.717) is 12.5 Å². The number of β-amino-alcohol motifs (C(OH)–C–C–N with tert-alkyl or cyclic N) is 1. The molecule has 0 aromatic carbocycles. The molecule has 3 nitrogen and oxygen atoms in total. The van der Waals surface area contributed by atoms with Crippen molar-refractivity contribution in [2.45, 2.75) is 50.3 Å². The van der Waals surface area contributed by atoms with Crippen LogP contribution in [0.5, 0.6) is 0 Å². The molecule has 2 unspecified atom stereocenters. The molecule has 1 aliphatic heterocycles. The maximum absolute atomic E-state index is 10.6. The van der Waals surface area contributed by atoms with Crippen molar-refractivity contribution in [2.75, 3.05) is 6.54 Å². The lowest BCUT2D eigenvalue weighted by atomic mass is 9.95. The molecule has 1 aromatic heterocycles. The largest absolute Gasteiger partial charge is 0.469 e. The van der Waals surface area contributed by atoms with E-state index in [2.05, 4.69) is 11.8 Å². The highest BCUT2D eigenvalue weighted by Crippen LogP contribution is 2.38. The monoisotopic (exact) mass is 221 g/mol. The van der Waals surface area contributed by atoms with Crippen LogP contribution in [0.4, 0.5) is 0 Å². The Morgan fingerprint density at radius 1 is 1.56 bits per heavy atom. The van der Waals surface area contributed by atoms with Gasteiger partial charge in [0, 0.05) is 25.0 Å². The Balaban J connectivity index is 1.69. The number of aliphatic hydroxyl groups is 1. The summed E-state index contributed by atoms with van der Waals surface area (Å²) < 4.78 is 5.33. The zero-order chi connectivity index (χ0) is 11.2. The van der Waals surface area contributed by atoms with E-state index in [1.165, 1.54) is 12.8 Å². The second-order valence-corrected chi connectivity index (χ2v) is 5.44. The third-order valence-electron chi connectivity index (χ3n) is 3.82. The van der Waals surface area contributed by atoms with Gasteiger partial charge in [-0.15, -0.1) is 0 Å². The predicted molar refractivity (Wildman–Crippen MR) is 61.2 cm³/mol. The normalized spacial score (nSPS) is 35.8. The van der Waals surface area contributed by atoms with Crippen molar-refractivity contribution >= 4 is 0 Å². The van der Waals surface area contributed by atoms with Gasteiger partial charge in [-0.25, -0.2) is 0 Å². The molecule has 0 radical (unpaired) electrons. The van der Waals surface area contributed by atoms with E-state index in [0.717, 1.165) is 24.8 Å². The third-order valence-corrected chi connectivity index (χ3v) is 3.82. The summed E-state index contributed by atoms with van der Waals surface area (Å²) in [6, 6.07) is 5.08. The Bertz CT molecular complexity index is 358. The topological polar surface area (TPSA) is 36.6 Å². The van der Waals surface area contributed by atoms with Crippen LogP contribution in [-0.4, -0.2) is 34.2 Å². The minimum Gasteiger partial charge on any atom is -0.469 e. The fraction of sp³-hybridized carbons (Fsp3) is 0.692.